The largest absolute Gasteiger partial charge is 0.341 e. The van der Waals surface area contributed by atoms with E-state index in [2.05, 4.69) is 41.0 Å². The second-order valence-electron chi connectivity index (χ2n) is 9.98. The van der Waals surface area contributed by atoms with Gasteiger partial charge in [0.25, 0.3) is 5.56 Å². The lowest BCUT2D eigenvalue weighted by Crippen LogP contribution is -2.44. The van der Waals surface area contributed by atoms with Crippen molar-refractivity contribution in [2.75, 3.05) is 18.0 Å². The van der Waals surface area contributed by atoms with E-state index in [-0.39, 0.29) is 18.1 Å². The van der Waals surface area contributed by atoms with Crippen molar-refractivity contribution in [1.29, 1.82) is 0 Å². The smallest absolute Gasteiger partial charge is 0.332 e. The first kappa shape index (κ1) is 24.0. The number of aromatic nitrogens is 4. The van der Waals surface area contributed by atoms with Crippen molar-refractivity contribution < 1.29 is 0 Å². The molecular weight excluding hydrogens is 476 g/mol. The van der Waals surface area contributed by atoms with Crippen molar-refractivity contribution in [2.45, 2.75) is 38.9 Å². The van der Waals surface area contributed by atoms with Gasteiger partial charge in [-0.1, -0.05) is 54.5 Å². The molecule has 8 nitrogen and oxygen atoms in total. The molecule has 192 valence electrons. The quantitative estimate of drug-likeness (QED) is 0.299. The minimum absolute atomic E-state index is 0.0379. The van der Waals surface area contributed by atoms with Gasteiger partial charge in [0, 0.05) is 26.2 Å². The Morgan fingerprint density at radius 1 is 1.03 bits per heavy atom. The fourth-order valence-electron chi connectivity index (χ4n) is 5.67. The maximum absolute atomic E-state index is 14.0. The lowest BCUT2D eigenvalue weighted by molar-refractivity contribution is 0.496. The van der Waals surface area contributed by atoms with Crippen LogP contribution in [0.1, 0.15) is 25.3 Å². The summed E-state index contributed by atoms with van der Waals surface area (Å²) in [6.45, 7) is 3.67. The number of nitrogens with zero attached hydrogens (tertiary/aromatic N) is 5. The number of hydrogen-bond acceptors (Lipinski definition) is 5. The first-order chi connectivity index (χ1) is 18.5. The molecular formula is C30H30N6O2. The van der Waals surface area contributed by atoms with Crippen LogP contribution in [0.2, 0.25) is 0 Å². The highest BCUT2D eigenvalue weighted by atomic mass is 16.2. The van der Waals surface area contributed by atoms with Gasteiger partial charge in [0.05, 0.1) is 13.1 Å². The van der Waals surface area contributed by atoms with Crippen LogP contribution in [0.15, 0.2) is 64.2 Å². The molecule has 0 spiro atoms. The average molecular weight is 507 g/mol. The topological polar surface area (TPSA) is 91.1 Å². The summed E-state index contributed by atoms with van der Waals surface area (Å²) in [7, 11) is 1.67. The Labute approximate surface area is 219 Å². The molecule has 2 aromatic heterocycles. The van der Waals surface area contributed by atoms with E-state index in [1.54, 1.807) is 14.0 Å². The number of anilines is 1. The Morgan fingerprint density at radius 3 is 2.53 bits per heavy atom. The molecule has 3 heterocycles. The second-order valence-corrected chi connectivity index (χ2v) is 9.98. The normalized spacial score (nSPS) is 15.8. The number of aryl methyl sites for hydroxylation is 1. The van der Waals surface area contributed by atoms with Gasteiger partial charge in [-0.3, -0.25) is 18.5 Å². The van der Waals surface area contributed by atoms with Gasteiger partial charge in [-0.25, -0.2) is 4.79 Å². The number of rotatable bonds is 4. The van der Waals surface area contributed by atoms with Crippen molar-refractivity contribution >= 4 is 38.7 Å². The van der Waals surface area contributed by atoms with Gasteiger partial charge in [-0.15, -0.1) is 5.92 Å². The molecule has 1 aliphatic heterocycles. The third-order valence-electron chi connectivity index (χ3n) is 7.55. The molecule has 38 heavy (non-hydrogen) atoms. The van der Waals surface area contributed by atoms with Crippen LogP contribution in [0, 0.1) is 11.8 Å². The second kappa shape index (κ2) is 9.51. The zero-order valence-corrected chi connectivity index (χ0v) is 21.6. The molecule has 0 amide bonds. The van der Waals surface area contributed by atoms with E-state index in [0.717, 1.165) is 46.5 Å². The van der Waals surface area contributed by atoms with E-state index in [9.17, 15) is 9.59 Å². The summed E-state index contributed by atoms with van der Waals surface area (Å²) in [5.41, 5.74) is 7.17. The minimum Gasteiger partial charge on any atom is -0.341 e. The third-order valence-corrected chi connectivity index (χ3v) is 7.55. The van der Waals surface area contributed by atoms with Crippen LogP contribution in [-0.2, 0) is 20.1 Å². The van der Waals surface area contributed by atoms with Gasteiger partial charge in [-0.2, -0.15) is 4.98 Å². The van der Waals surface area contributed by atoms with Gasteiger partial charge in [0.15, 0.2) is 11.2 Å². The van der Waals surface area contributed by atoms with Gasteiger partial charge < -0.3 is 10.6 Å². The number of nitrogens with two attached hydrogens (primary N) is 1. The Hall–Kier alpha value is -4.35. The molecule has 3 aromatic carbocycles. The molecule has 1 saturated heterocycles. The van der Waals surface area contributed by atoms with Crippen LogP contribution in [0.5, 0.6) is 0 Å². The molecule has 1 aliphatic rings. The van der Waals surface area contributed by atoms with Crippen molar-refractivity contribution in [3.05, 3.63) is 81.0 Å². The van der Waals surface area contributed by atoms with E-state index < -0.39 is 5.69 Å². The number of imidazole rings is 1. The maximum atomic E-state index is 14.0. The Balaban J connectivity index is 1.58. The van der Waals surface area contributed by atoms with Gasteiger partial charge in [0.2, 0.25) is 5.95 Å². The first-order valence-electron chi connectivity index (χ1n) is 13.0. The lowest BCUT2D eigenvalue weighted by atomic mass is 9.97. The van der Waals surface area contributed by atoms with E-state index >= 15 is 0 Å². The highest BCUT2D eigenvalue weighted by Crippen LogP contribution is 2.29. The number of fused-ring (bicyclic) bond motifs is 4. The molecule has 8 heteroatoms. The fourth-order valence-corrected chi connectivity index (χ4v) is 5.67. The van der Waals surface area contributed by atoms with Crippen LogP contribution < -0.4 is 21.9 Å². The number of hydrogen-bond donors (Lipinski definition) is 1. The molecule has 0 radical (unpaired) electrons. The summed E-state index contributed by atoms with van der Waals surface area (Å²) in [5, 5.41) is 4.33. The van der Waals surface area contributed by atoms with Gasteiger partial charge >= 0.3 is 5.69 Å². The maximum Gasteiger partial charge on any atom is 0.332 e. The predicted molar refractivity (Wildman–Crippen MR) is 153 cm³/mol. The van der Waals surface area contributed by atoms with Crippen LogP contribution in [0.3, 0.4) is 0 Å². The van der Waals surface area contributed by atoms with Crippen molar-refractivity contribution in [1.82, 2.24) is 18.7 Å². The Kier molecular flexibility index (Phi) is 6.01. The molecule has 1 fully saturated rings. The summed E-state index contributed by atoms with van der Waals surface area (Å²) >= 11 is 0. The minimum atomic E-state index is -0.395. The first-order valence-corrected chi connectivity index (χ1v) is 13.0. The highest BCUT2D eigenvalue weighted by molar-refractivity contribution is 6.08. The Morgan fingerprint density at radius 2 is 1.76 bits per heavy atom. The fraction of sp³-hybridized carbons (Fsp3) is 0.300. The van der Waals surface area contributed by atoms with Crippen LogP contribution >= 0.6 is 0 Å². The molecule has 1 unspecified atom stereocenters. The average Bonchev–Trinajstić information content (AvgIpc) is 3.33. The lowest BCUT2D eigenvalue weighted by Gasteiger charge is -2.31. The molecule has 0 bridgehead atoms. The summed E-state index contributed by atoms with van der Waals surface area (Å²) in [4.78, 5) is 34.5. The zero-order valence-electron chi connectivity index (χ0n) is 21.6. The Bertz CT molecular complexity index is 1880. The number of benzene rings is 3. The van der Waals surface area contributed by atoms with Crippen LogP contribution in [0.4, 0.5) is 5.95 Å². The zero-order chi connectivity index (χ0) is 26.4. The molecule has 2 N–H and O–H groups in total. The van der Waals surface area contributed by atoms with E-state index in [4.69, 9.17) is 10.7 Å². The summed E-state index contributed by atoms with van der Waals surface area (Å²) in [6.07, 6.45) is 1.90. The van der Waals surface area contributed by atoms with Crippen LogP contribution in [-0.4, -0.2) is 37.8 Å². The SMILES string of the molecule is CC#CCn1c(N2CCCC(N)C2)nc2c1c(=O)n(Cc1cc3ccccc3c3ccccc13)c(=O)n2C. The monoisotopic (exact) mass is 506 g/mol. The number of piperidine rings is 1. The molecule has 1 atom stereocenters. The summed E-state index contributed by atoms with van der Waals surface area (Å²) in [5.74, 6) is 6.65. The molecule has 0 aliphatic carbocycles. The summed E-state index contributed by atoms with van der Waals surface area (Å²) < 4.78 is 4.64. The standard InChI is InChI=1S/C30H30N6O2/c1-3-4-16-35-26-27(32-29(35)34-15-9-11-22(31)19-34)33(2)30(38)36(28(26)37)18-21-17-20-10-5-6-12-23(20)25-14-8-7-13-24(21)25/h5-8,10,12-14,17,22H,9,11,15-16,18-19,31H2,1-2H3. The summed E-state index contributed by atoms with van der Waals surface area (Å²) in [6, 6.07) is 18.4. The van der Waals surface area contributed by atoms with Crippen molar-refractivity contribution in [2.24, 2.45) is 12.8 Å². The van der Waals surface area contributed by atoms with Gasteiger partial charge in [0.1, 0.15) is 0 Å². The molecule has 5 aromatic rings. The van der Waals surface area contributed by atoms with Crippen molar-refractivity contribution in [3.63, 3.8) is 0 Å². The van der Waals surface area contributed by atoms with E-state index in [0.29, 0.717) is 30.2 Å². The molecule has 0 saturated carbocycles. The van der Waals surface area contributed by atoms with E-state index in [1.807, 2.05) is 34.9 Å². The third kappa shape index (κ3) is 3.87. The molecule has 6 rings (SSSR count). The van der Waals surface area contributed by atoms with E-state index in [1.165, 1.54) is 9.13 Å². The van der Waals surface area contributed by atoms with Crippen LogP contribution in [0.25, 0.3) is 32.7 Å². The van der Waals surface area contributed by atoms with Crippen molar-refractivity contribution in [3.8, 4) is 11.8 Å². The van der Waals surface area contributed by atoms with Gasteiger partial charge in [-0.05, 0) is 52.9 Å². The highest BCUT2D eigenvalue weighted by Gasteiger charge is 2.26. The predicted octanol–water partition coefficient (Wildman–Crippen LogP) is 3.20.